The molecular weight excluding hydrogens is 228 g/mol. The monoisotopic (exact) mass is 242 g/mol. The molecule has 0 aliphatic rings. The highest BCUT2D eigenvalue weighted by atomic mass is 16.8. The molecule has 9 heteroatoms. The van der Waals surface area contributed by atoms with Gasteiger partial charge in [-0.25, -0.2) is 4.79 Å². The maximum Gasteiger partial charge on any atom is 0.341 e. The predicted octanol–water partition coefficient (Wildman–Crippen LogP) is -4.77. The van der Waals surface area contributed by atoms with Gasteiger partial charge in [-0.3, -0.25) is 0 Å². The Morgan fingerprint density at radius 2 is 1.50 bits per heavy atom. The Bertz CT molecular complexity index is 218. The number of rotatable bonds is 6. The summed E-state index contributed by atoms with van der Waals surface area (Å²) in [6.45, 7) is -3.38. The van der Waals surface area contributed by atoms with E-state index in [0.717, 1.165) is 0 Å². The van der Waals surface area contributed by atoms with Gasteiger partial charge in [0.15, 0.2) is 6.10 Å². The molecule has 0 amide bonds. The molecule has 0 aromatic carbocycles. The second-order valence-corrected chi connectivity index (χ2v) is 2.94. The molecule has 0 bridgehead atoms. The molecule has 0 aliphatic carbocycles. The third kappa shape index (κ3) is 4.37. The number of ether oxygens (including phenoxy) is 1. The molecule has 0 aromatic rings. The summed E-state index contributed by atoms with van der Waals surface area (Å²) < 4.78 is 3.70. The first-order valence-electron chi connectivity index (χ1n) is 4.21. The van der Waals surface area contributed by atoms with Crippen molar-refractivity contribution in [1.29, 1.82) is 0 Å². The first kappa shape index (κ1) is 15.2. The maximum absolute atomic E-state index is 10.8. The summed E-state index contributed by atoms with van der Waals surface area (Å²) in [7, 11) is 0. The molecule has 0 spiro atoms. The first-order valence-corrected chi connectivity index (χ1v) is 4.21. The molecule has 0 heterocycles. The summed E-state index contributed by atoms with van der Waals surface area (Å²) in [5, 5.41) is 61.0. The third-order valence-corrected chi connectivity index (χ3v) is 1.72. The Balaban J connectivity index is 4.36. The normalized spacial score (nSPS) is 19.0. The molecule has 0 fully saturated rings. The van der Waals surface area contributed by atoms with Gasteiger partial charge in [0.25, 0.3) is 0 Å². The van der Waals surface area contributed by atoms with Crippen LogP contribution in [0.15, 0.2) is 0 Å². The zero-order valence-corrected chi connectivity index (χ0v) is 8.04. The van der Waals surface area contributed by atoms with E-state index in [0.29, 0.717) is 0 Å². The highest BCUT2D eigenvalue weighted by Crippen LogP contribution is 2.06. The Hall–Kier alpha value is -0.810. The number of carbonyl (C=O) groups is 1. The molecular formula is C7H14O9. The lowest BCUT2D eigenvalue weighted by Gasteiger charge is -2.24. The van der Waals surface area contributed by atoms with Crippen LogP contribution in [0.25, 0.3) is 0 Å². The summed E-state index contributed by atoms with van der Waals surface area (Å²) in [6, 6.07) is 0. The van der Waals surface area contributed by atoms with Crippen molar-refractivity contribution in [3.63, 3.8) is 0 Å². The Morgan fingerprint density at radius 3 is 1.88 bits per heavy atom. The lowest BCUT2D eigenvalue weighted by molar-refractivity contribution is -0.241. The molecule has 0 saturated carbocycles. The van der Waals surface area contributed by atoms with E-state index in [9.17, 15) is 4.79 Å². The van der Waals surface area contributed by atoms with Crippen LogP contribution in [-0.2, 0) is 9.53 Å². The molecule has 0 rings (SSSR count). The van der Waals surface area contributed by atoms with Gasteiger partial charge in [-0.1, -0.05) is 0 Å². The van der Waals surface area contributed by atoms with E-state index in [4.69, 9.17) is 35.7 Å². The summed E-state index contributed by atoms with van der Waals surface area (Å²) in [5.41, 5.74) is 0. The quantitative estimate of drug-likeness (QED) is 0.178. The lowest BCUT2D eigenvalue weighted by Crippen LogP contribution is -2.49. The van der Waals surface area contributed by atoms with Crippen molar-refractivity contribution >= 4 is 5.97 Å². The van der Waals surface area contributed by atoms with Crippen LogP contribution in [0.1, 0.15) is 0 Å². The van der Waals surface area contributed by atoms with Crippen LogP contribution < -0.4 is 0 Å². The van der Waals surface area contributed by atoms with Gasteiger partial charge in [0, 0.05) is 0 Å². The number of hydrogen-bond acceptors (Lipinski definition) is 9. The second-order valence-electron chi connectivity index (χ2n) is 2.94. The number of carbonyl (C=O) groups excluding carboxylic acids is 1. The smallest absolute Gasteiger partial charge is 0.341 e. The molecule has 0 aromatic heterocycles. The van der Waals surface area contributed by atoms with E-state index in [2.05, 4.69) is 4.74 Å². The molecule has 96 valence electrons. The van der Waals surface area contributed by atoms with E-state index in [1.165, 1.54) is 0 Å². The van der Waals surface area contributed by atoms with Gasteiger partial charge in [0.1, 0.15) is 18.3 Å². The van der Waals surface area contributed by atoms with E-state index in [-0.39, 0.29) is 0 Å². The van der Waals surface area contributed by atoms with Gasteiger partial charge in [-0.2, -0.15) is 0 Å². The van der Waals surface area contributed by atoms with Gasteiger partial charge in [0.05, 0.1) is 6.61 Å². The van der Waals surface area contributed by atoms with Crippen molar-refractivity contribution in [2.24, 2.45) is 0 Å². The van der Waals surface area contributed by atoms with Gasteiger partial charge >= 0.3 is 12.4 Å². The Labute approximate surface area is 89.8 Å². The topological polar surface area (TPSA) is 168 Å². The van der Waals surface area contributed by atoms with Crippen molar-refractivity contribution in [2.45, 2.75) is 30.9 Å². The van der Waals surface area contributed by atoms with Crippen molar-refractivity contribution in [3.8, 4) is 0 Å². The molecule has 4 atom stereocenters. The molecule has 4 unspecified atom stereocenters. The largest absolute Gasteiger partial charge is 0.409 e. The molecule has 0 aliphatic heterocycles. The summed E-state index contributed by atoms with van der Waals surface area (Å²) >= 11 is 0. The number of hydrogen-bond donors (Lipinski definition) is 7. The van der Waals surface area contributed by atoms with Crippen LogP contribution >= 0.6 is 0 Å². The van der Waals surface area contributed by atoms with Gasteiger partial charge in [0.2, 0.25) is 0 Å². The van der Waals surface area contributed by atoms with Crippen LogP contribution in [-0.4, -0.2) is 79.2 Å². The van der Waals surface area contributed by atoms with Crippen LogP contribution in [0.4, 0.5) is 0 Å². The lowest BCUT2D eigenvalue weighted by atomic mass is 10.0. The summed E-state index contributed by atoms with van der Waals surface area (Å²) in [4.78, 5) is 10.8. The Morgan fingerprint density at radius 1 is 1.00 bits per heavy atom. The van der Waals surface area contributed by atoms with Crippen molar-refractivity contribution in [3.05, 3.63) is 0 Å². The van der Waals surface area contributed by atoms with Crippen molar-refractivity contribution < 1.29 is 45.3 Å². The SMILES string of the molecule is O=C(OC(O)O)C(O)C(O)C(O)C(O)CO. The van der Waals surface area contributed by atoms with E-state index >= 15 is 0 Å². The zero-order valence-electron chi connectivity index (χ0n) is 8.04. The highest BCUT2D eigenvalue weighted by molar-refractivity contribution is 5.75. The predicted molar refractivity (Wildman–Crippen MR) is 45.4 cm³/mol. The average molecular weight is 242 g/mol. The molecule has 9 nitrogen and oxygen atoms in total. The molecule has 7 N–H and O–H groups in total. The Kier molecular flexibility index (Phi) is 6.36. The summed E-state index contributed by atoms with van der Waals surface area (Å²) in [5.74, 6) is -1.60. The van der Waals surface area contributed by atoms with Gasteiger partial charge in [-0.15, -0.1) is 0 Å². The van der Waals surface area contributed by atoms with Crippen molar-refractivity contribution in [2.75, 3.05) is 6.61 Å². The third-order valence-electron chi connectivity index (χ3n) is 1.72. The van der Waals surface area contributed by atoms with Crippen LogP contribution in [0.3, 0.4) is 0 Å². The number of aliphatic hydroxyl groups is 7. The maximum atomic E-state index is 10.8. The fourth-order valence-corrected chi connectivity index (χ4v) is 0.835. The number of esters is 1. The minimum Gasteiger partial charge on any atom is -0.409 e. The number of aliphatic hydroxyl groups excluding tert-OH is 6. The first-order chi connectivity index (χ1) is 7.31. The van der Waals surface area contributed by atoms with Crippen LogP contribution in [0.5, 0.6) is 0 Å². The average Bonchev–Trinajstić information content (AvgIpc) is 2.23. The minimum absolute atomic E-state index is 0.900. The highest BCUT2D eigenvalue weighted by Gasteiger charge is 2.35. The summed E-state index contributed by atoms with van der Waals surface area (Å²) in [6.07, 6.45) is -8.20. The fraction of sp³-hybridized carbons (Fsp3) is 0.857. The van der Waals surface area contributed by atoms with Crippen molar-refractivity contribution in [1.82, 2.24) is 0 Å². The molecule has 0 radical (unpaired) electrons. The molecule has 16 heavy (non-hydrogen) atoms. The van der Waals surface area contributed by atoms with Crippen LogP contribution in [0, 0.1) is 0 Å². The standard InChI is InChI=1S/C7H14O9/c8-1-2(9)3(10)4(11)5(12)6(13)16-7(14)15/h2-5,7-12,14-15H,1H2. The van der Waals surface area contributed by atoms with E-state index in [1.54, 1.807) is 0 Å². The minimum atomic E-state index is -2.48. The fourth-order valence-electron chi connectivity index (χ4n) is 0.835. The van der Waals surface area contributed by atoms with Gasteiger partial charge < -0.3 is 40.5 Å². The van der Waals surface area contributed by atoms with E-state index < -0.39 is 43.5 Å². The second kappa shape index (κ2) is 6.70. The molecule has 0 saturated heterocycles. The zero-order chi connectivity index (χ0) is 12.9. The van der Waals surface area contributed by atoms with Crippen LogP contribution in [0.2, 0.25) is 0 Å². The van der Waals surface area contributed by atoms with E-state index in [1.807, 2.05) is 0 Å². The van der Waals surface area contributed by atoms with Gasteiger partial charge in [-0.05, 0) is 0 Å².